The highest BCUT2D eigenvalue weighted by Gasteiger charge is 2.38. The van der Waals surface area contributed by atoms with Gasteiger partial charge in [-0.25, -0.2) is 0 Å². The Bertz CT molecular complexity index is 1270. The van der Waals surface area contributed by atoms with E-state index in [9.17, 15) is 5.26 Å². The van der Waals surface area contributed by atoms with Crippen molar-refractivity contribution < 1.29 is 23.7 Å². The number of nitriles is 1. The molecule has 182 valence electrons. The van der Waals surface area contributed by atoms with E-state index in [0.717, 1.165) is 40.7 Å². The highest BCUT2D eigenvalue weighted by molar-refractivity contribution is 5.88. The number of nitrogens with zero attached hydrogens (tertiary/aromatic N) is 1. The number of allylic oxidation sites excluding steroid dienone is 2. The molecule has 7 heteroatoms. The smallest absolute Gasteiger partial charge is 0.204 e. The van der Waals surface area contributed by atoms with Crippen molar-refractivity contribution in [3.63, 3.8) is 0 Å². The molecule has 2 aromatic rings. The van der Waals surface area contributed by atoms with Gasteiger partial charge in [-0.05, 0) is 65.3 Å². The summed E-state index contributed by atoms with van der Waals surface area (Å²) in [4.78, 5) is 0. The number of hydrogen-bond acceptors (Lipinski definition) is 7. The van der Waals surface area contributed by atoms with Crippen LogP contribution in [0.4, 0.5) is 0 Å². The molecule has 2 unspecified atom stereocenters. The normalized spacial score (nSPS) is 20.6. The van der Waals surface area contributed by atoms with Crippen LogP contribution in [0.15, 0.2) is 59.0 Å². The lowest BCUT2D eigenvalue weighted by Gasteiger charge is -2.38. The van der Waals surface area contributed by atoms with Crippen LogP contribution in [-0.2, 0) is 4.74 Å². The van der Waals surface area contributed by atoms with Gasteiger partial charge in [0.25, 0.3) is 0 Å². The zero-order valence-electron chi connectivity index (χ0n) is 20.7. The summed E-state index contributed by atoms with van der Waals surface area (Å²) in [7, 11) is 6.42. The summed E-state index contributed by atoms with van der Waals surface area (Å²) >= 11 is 0. The zero-order chi connectivity index (χ0) is 25.1. The fourth-order valence-electron chi connectivity index (χ4n) is 4.82. The monoisotopic (exact) mass is 474 g/mol. The Kier molecular flexibility index (Phi) is 6.92. The molecule has 0 radical (unpaired) electrons. The molecule has 1 heterocycles. The second-order valence-corrected chi connectivity index (χ2v) is 8.52. The predicted octanol–water partition coefficient (Wildman–Crippen LogP) is 5.08. The van der Waals surface area contributed by atoms with Gasteiger partial charge in [0.2, 0.25) is 5.88 Å². The SMILES string of the molecule is COc1ccc(/C=C2\CCC(C)C3=C(c4ccc(OC)c(OC)c4)C(C#N)=C(N)OC32)cc1OC. The van der Waals surface area contributed by atoms with Crippen LogP contribution in [0.5, 0.6) is 23.0 Å². The Morgan fingerprint density at radius 1 is 0.943 bits per heavy atom. The van der Waals surface area contributed by atoms with Gasteiger partial charge >= 0.3 is 0 Å². The largest absolute Gasteiger partial charge is 0.493 e. The van der Waals surface area contributed by atoms with E-state index in [-0.39, 0.29) is 17.9 Å². The van der Waals surface area contributed by atoms with Gasteiger partial charge in [0.1, 0.15) is 17.7 Å². The summed E-state index contributed by atoms with van der Waals surface area (Å²) < 4.78 is 28.0. The first-order chi connectivity index (χ1) is 16.9. The molecule has 0 amide bonds. The quantitative estimate of drug-likeness (QED) is 0.624. The van der Waals surface area contributed by atoms with E-state index in [2.05, 4.69) is 19.1 Å². The fraction of sp³-hybridized carbons (Fsp3) is 0.321. The second-order valence-electron chi connectivity index (χ2n) is 8.52. The van der Waals surface area contributed by atoms with Crippen LogP contribution in [0, 0.1) is 17.2 Å². The lowest BCUT2D eigenvalue weighted by Crippen LogP contribution is -2.33. The standard InChI is InChI=1S/C28H30N2O5/c1-16-6-8-19(12-17-7-10-21(31-2)23(13-17)33-4)27-25(16)26(20(15-29)28(30)35-27)18-9-11-22(32-3)24(14-18)34-5/h7,9-14,16,27H,6,8,30H2,1-5H3/b19-12+. The molecule has 2 aliphatic rings. The van der Waals surface area contributed by atoms with Gasteiger partial charge in [-0.1, -0.05) is 25.1 Å². The van der Waals surface area contributed by atoms with Gasteiger partial charge in [0, 0.05) is 5.57 Å². The molecule has 2 N–H and O–H groups in total. The lowest BCUT2D eigenvalue weighted by atomic mass is 9.73. The Hall–Kier alpha value is -4.05. The number of fused-ring (bicyclic) bond motifs is 1. The molecule has 1 saturated carbocycles. The minimum atomic E-state index is -0.368. The lowest BCUT2D eigenvalue weighted by molar-refractivity contribution is 0.143. The maximum atomic E-state index is 10.0. The molecule has 0 spiro atoms. The number of methoxy groups -OCH3 is 4. The number of hydrogen-bond donors (Lipinski definition) is 1. The summed E-state index contributed by atoms with van der Waals surface area (Å²) in [5, 5.41) is 10.0. The van der Waals surface area contributed by atoms with E-state index in [4.69, 9.17) is 29.4 Å². The van der Waals surface area contributed by atoms with Crippen molar-refractivity contribution in [3.8, 4) is 29.1 Å². The van der Waals surface area contributed by atoms with E-state index in [1.807, 2.05) is 36.4 Å². The van der Waals surface area contributed by atoms with Crippen LogP contribution < -0.4 is 24.7 Å². The third-order valence-electron chi connectivity index (χ3n) is 6.59. The molecule has 0 bridgehead atoms. The topological polar surface area (TPSA) is 96.0 Å². The van der Waals surface area contributed by atoms with Crippen molar-refractivity contribution in [2.24, 2.45) is 11.7 Å². The van der Waals surface area contributed by atoms with Crippen molar-refractivity contribution in [2.45, 2.75) is 25.9 Å². The average molecular weight is 475 g/mol. The molecular weight excluding hydrogens is 444 g/mol. The van der Waals surface area contributed by atoms with Crippen LogP contribution in [0.3, 0.4) is 0 Å². The van der Waals surface area contributed by atoms with Crippen molar-refractivity contribution >= 4 is 11.6 Å². The number of benzene rings is 2. The Labute approximate surface area is 206 Å². The van der Waals surface area contributed by atoms with Crippen LogP contribution in [0.1, 0.15) is 30.9 Å². The molecule has 0 saturated heterocycles. The first-order valence-corrected chi connectivity index (χ1v) is 11.4. The van der Waals surface area contributed by atoms with E-state index in [0.29, 0.717) is 28.6 Å². The maximum absolute atomic E-state index is 10.0. The number of nitrogens with two attached hydrogens (primary N) is 1. The summed E-state index contributed by atoms with van der Waals surface area (Å²) in [5.74, 6) is 2.85. The van der Waals surface area contributed by atoms with Gasteiger partial charge in [-0.15, -0.1) is 0 Å². The predicted molar refractivity (Wildman–Crippen MR) is 134 cm³/mol. The van der Waals surface area contributed by atoms with Gasteiger partial charge in [0.15, 0.2) is 23.0 Å². The number of ether oxygens (including phenoxy) is 5. The van der Waals surface area contributed by atoms with Crippen molar-refractivity contribution in [1.82, 2.24) is 0 Å². The minimum Gasteiger partial charge on any atom is -0.493 e. The van der Waals surface area contributed by atoms with Crippen molar-refractivity contribution in [2.75, 3.05) is 28.4 Å². The highest BCUT2D eigenvalue weighted by Crippen LogP contribution is 2.47. The van der Waals surface area contributed by atoms with E-state index in [1.165, 1.54) is 0 Å². The first-order valence-electron chi connectivity index (χ1n) is 11.4. The molecule has 7 nitrogen and oxygen atoms in total. The van der Waals surface area contributed by atoms with Gasteiger partial charge in [-0.2, -0.15) is 5.26 Å². The van der Waals surface area contributed by atoms with Crippen LogP contribution in [-0.4, -0.2) is 34.5 Å². The fourth-order valence-corrected chi connectivity index (χ4v) is 4.82. The summed E-state index contributed by atoms with van der Waals surface area (Å²) in [6.07, 6.45) is 3.50. The first kappa shape index (κ1) is 24.1. The molecular formula is C28H30N2O5. The molecule has 35 heavy (non-hydrogen) atoms. The Morgan fingerprint density at radius 3 is 2.20 bits per heavy atom. The van der Waals surface area contributed by atoms with Crippen molar-refractivity contribution in [3.05, 3.63) is 70.1 Å². The second kappa shape index (κ2) is 10.1. The van der Waals surface area contributed by atoms with Crippen LogP contribution >= 0.6 is 0 Å². The van der Waals surface area contributed by atoms with E-state index in [1.54, 1.807) is 28.4 Å². The molecule has 1 fully saturated rings. The molecule has 4 rings (SSSR count). The zero-order valence-corrected chi connectivity index (χ0v) is 20.7. The van der Waals surface area contributed by atoms with Crippen LogP contribution in [0.25, 0.3) is 11.6 Å². The van der Waals surface area contributed by atoms with Gasteiger partial charge in [0.05, 0.1) is 28.4 Å². The summed E-state index contributed by atoms with van der Waals surface area (Å²) in [5.41, 5.74) is 11.4. The molecule has 1 aliphatic heterocycles. The molecule has 2 atom stereocenters. The van der Waals surface area contributed by atoms with Gasteiger partial charge < -0.3 is 29.4 Å². The van der Waals surface area contributed by atoms with E-state index >= 15 is 0 Å². The van der Waals surface area contributed by atoms with Crippen molar-refractivity contribution in [1.29, 1.82) is 5.26 Å². The Morgan fingerprint density at radius 2 is 1.57 bits per heavy atom. The third kappa shape index (κ3) is 4.40. The number of rotatable bonds is 6. The third-order valence-corrected chi connectivity index (χ3v) is 6.59. The van der Waals surface area contributed by atoms with Crippen LogP contribution in [0.2, 0.25) is 0 Å². The molecule has 1 aliphatic carbocycles. The average Bonchev–Trinajstić information content (AvgIpc) is 2.89. The summed E-state index contributed by atoms with van der Waals surface area (Å²) in [6, 6.07) is 13.7. The van der Waals surface area contributed by atoms with Gasteiger partial charge in [-0.3, -0.25) is 0 Å². The highest BCUT2D eigenvalue weighted by atomic mass is 16.5. The molecule has 0 aromatic heterocycles. The van der Waals surface area contributed by atoms with E-state index < -0.39 is 0 Å². The summed E-state index contributed by atoms with van der Waals surface area (Å²) in [6.45, 7) is 2.16. The Balaban J connectivity index is 1.87. The maximum Gasteiger partial charge on any atom is 0.204 e. The molecule has 2 aromatic carbocycles. The minimum absolute atomic E-state index is 0.123.